The van der Waals surface area contributed by atoms with Crippen LogP contribution in [0.4, 0.5) is 0 Å². The lowest BCUT2D eigenvalue weighted by atomic mass is 9.89. The summed E-state index contributed by atoms with van der Waals surface area (Å²) in [6.07, 6.45) is -0.232. The third-order valence-corrected chi connectivity index (χ3v) is 2.43. The van der Waals surface area contributed by atoms with Gasteiger partial charge in [-0.3, -0.25) is 4.79 Å². The monoisotopic (exact) mass is 224 g/mol. The van der Waals surface area contributed by atoms with E-state index in [1.165, 1.54) is 0 Å². The number of hydrogen-bond donors (Lipinski definition) is 3. The zero-order valence-electron chi connectivity index (χ0n) is 8.67. The molecule has 1 aromatic carbocycles. The van der Waals surface area contributed by atoms with Gasteiger partial charge in [0.1, 0.15) is 0 Å². The molecule has 0 aliphatic heterocycles. The maximum absolute atomic E-state index is 10.8. The number of aliphatic carboxylic acids is 2. The third-order valence-electron chi connectivity index (χ3n) is 2.43. The van der Waals surface area contributed by atoms with Gasteiger partial charge in [-0.15, -0.1) is 0 Å². The second kappa shape index (κ2) is 5.27. The van der Waals surface area contributed by atoms with E-state index >= 15 is 0 Å². The minimum Gasteiger partial charge on any atom is -0.481 e. The fourth-order valence-electron chi connectivity index (χ4n) is 1.55. The minimum atomic E-state index is -1.09. The number of quaternary nitrogens is 1. The summed E-state index contributed by atoms with van der Waals surface area (Å²) in [5.74, 6) is -2.71. The first-order valence-corrected chi connectivity index (χ1v) is 4.85. The number of hydrogen-bond acceptors (Lipinski definition) is 2. The van der Waals surface area contributed by atoms with Crippen molar-refractivity contribution in [2.24, 2.45) is 0 Å². The van der Waals surface area contributed by atoms with Crippen molar-refractivity contribution in [3.05, 3.63) is 35.9 Å². The molecule has 1 aromatic rings. The van der Waals surface area contributed by atoms with E-state index in [1.807, 2.05) is 0 Å². The molecule has 0 spiro atoms. The highest BCUT2D eigenvalue weighted by molar-refractivity contribution is 5.75. The standard InChI is InChI=1S/C11H13NO4/c12-10(11(15)16)8(6-9(13)14)7-4-2-1-3-5-7/h1-5,8,10H,6,12H2,(H,13,14)(H,15,16)/p+1. The zero-order chi connectivity index (χ0) is 12.1. The predicted octanol–water partition coefficient (Wildman–Crippen LogP) is -0.0600. The molecule has 0 aromatic heterocycles. The molecule has 2 unspecified atom stereocenters. The van der Waals surface area contributed by atoms with Gasteiger partial charge in [0.25, 0.3) is 0 Å². The summed E-state index contributed by atoms with van der Waals surface area (Å²) < 4.78 is 0. The fourth-order valence-corrected chi connectivity index (χ4v) is 1.55. The lowest BCUT2D eigenvalue weighted by Crippen LogP contribution is -2.67. The van der Waals surface area contributed by atoms with Crippen molar-refractivity contribution < 1.29 is 25.5 Å². The van der Waals surface area contributed by atoms with E-state index in [-0.39, 0.29) is 6.42 Å². The van der Waals surface area contributed by atoms with E-state index < -0.39 is 23.9 Å². The molecule has 5 heteroatoms. The van der Waals surface area contributed by atoms with Crippen LogP contribution in [0.25, 0.3) is 0 Å². The van der Waals surface area contributed by atoms with E-state index in [0.29, 0.717) is 5.56 Å². The number of carbonyl (C=O) groups is 2. The van der Waals surface area contributed by atoms with Gasteiger partial charge in [0.05, 0.1) is 12.3 Å². The molecule has 86 valence electrons. The normalized spacial score (nSPS) is 14.1. The lowest BCUT2D eigenvalue weighted by Gasteiger charge is -2.16. The molecule has 0 bridgehead atoms. The van der Waals surface area contributed by atoms with Crippen molar-refractivity contribution in [2.45, 2.75) is 18.4 Å². The molecule has 0 amide bonds. The number of rotatable bonds is 5. The van der Waals surface area contributed by atoms with Gasteiger partial charge in [0.2, 0.25) is 0 Å². The fraction of sp³-hybridized carbons (Fsp3) is 0.273. The molecule has 0 aliphatic carbocycles. The Morgan fingerprint density at radius 1 is 1.19 bits per heavy atom. The Morgan fingerprint density at radius 2 is 1.75 bits per heavy atom. The SMILES string of the molecule is [NH3+]C(C(=O)O)C(CC(=O)O)c1ccccc1. The summed E-state index contributed by atoms with van der Waals surface area (Å²) in [6.45, 7) is 0. The Labute approximate surface area is 92.5 Å². The summed E-state index contributed by atoms with van der Waals surface area (Å²) in [4.78, 5) is 21.5. The van der Waals surface area contributed by atoms with Crippen molar-refractivity contribution in [1.29, 1.82) is 0 Å². The third kappa shape index (κ3) is 3.06. The number of carboxylic acid groups (broad SMARTS) is 2. The van der Waals surface area contributed by atoms with Crippen LogP contribution in [0.3, 0.4) is 0 Å². The summed E-state index contributed by atoms with van der Waals surface area (Å²) in [5, 5.41) is 17.6. The van der Waals surface area contributed by atoms with Gasteiger partial charge in [-0.1, -0.05) is 30.3 Å². The summed E-state index contributed by atoms with van der Waals surface area (Å²) in [5.41, 5.74) is 4.19. The van der Waals surface area contributed by atoms with Gasteiger partial charge < -0.3 is 15.9 Å². The van der Waals surface area contributed by atoms with E-state index in [9.17, 15) is 9.59 Å². The Morgan fingerprint density at radius 3 is 2.19 bits per heavy atom. The van der Waals surface area contributed by atoms with E-state index in [0.717, 1.165) is 0 Å². The van der Waals surface area contributed by atoms with E-state index in [2.05, 4.69) is 5.73 Å². The van der Waals surface area contributed by atoms with Crippen LogP contribution in [0.2, 0.25) is 0 Å². The van der Waals surface area contributed by atoms with Gasteiger partial charge in [0, 0.05) is 0 Å². The van der Waals surface area contributed by atoms with Gasteiger partial charge in [-0.25, -0.2) is 4.79 Å². The average molecular weight is 224 g/mol. The first-order chi connectivity index (χ1) is 7.52. The van der Waals surface area contributed by atoms with Crippen molar-refractivity contribution in [3.8, 4) is 0 Å². The van der Waals surface area contributed by atoms with Gasteiger partial charge in [0.15, 0.2) is 6.04 Å². The van der Waals surface area contributed by atoms with Gasteiger partial charge in [-0.2, -0.15) is 0 Å². The number of carboxylic acids is 2. The van der Waals surface area contributed by atoms with Crippen molar-refractivity contribution >= 4 is 11.9 Å². The minimum absolute atomic E-state index is 0.232. The van der Waals surface area contributed by atoms with Crippen LogP contribution in [0, 0.1) is 0 Å². The molecule has 0 saturated carbocycles. The molecule has 1 rings (SSSR count). The van der Waals surface area contributed by atoms with Crippen LogP contribution in [0.15, 0.2) is 30.3 Å². The first kappa shape index (κ1) is 12.2. The molecule has 0 heterocycles. The molecule has 0 radical (unpaired) electrons. The lowest BCUT2D eigenvalue weighted by molar-refractivity contribution is -0.413. The number of benzene rings is 1. The Kier molecular flexibility index (Phi) is 4.02. The van der Waals surface area contributed by atoms with Gasteiger partial charge in [-0.05, 0) is 5.56 Å². The van der Waals surface area contributed by atoms with Gasteiger partial charge >= 0.3 is 11.9 Å². The van der Waals surface area contributed by atoms with E-state index in [4.69, 9.17) is 10.2 Å². The maximum atomic E-state index is 10.8. The van der Waals surface area contributed by atoms with Crippen molar-refractivity contribution in [3.63, 3.8) is 0 Å². The summed E-state index contributed by atoms with van der Waals surface area (Å²) in [6, 6.07) is 7.76. The molecule has 5 N–H and O–H groups in total. The first-order valence-electron chi connectivity index (χ1n) is 4.85. The second-order valence-electron chi connectivity index (χ2n) is 3.56. The smallest absolute Gasteiger partial charge is 0.363 e. The largest absolute Gasteiger partial charge is 0.481 e. The van der Waals surface area contributed by atoms with Crippen molar-refractivity contribution in [1.82, 2.24) is 0 Å². The molecule has 0 aliphatic rings. The van der Waals surface area contributed by atoms with E-state index in [1.54, 1.807) is 30.3 Å². The molecule has 16 heavy (non-hydrogen) atoms. The Bertz CT molecular complexity index is 377. The Balaban J connectivity index is 2.96. The topological polar surface area (TPSA) is 102 Å². The Hall–Kier alpha value is -1.88. The molecular formula is C11H14NO4+. The molecular weight excluding hydrogens is 210 g/mol. The molecule has 5 nitrogen and oxygen atoms in total. The highest BCUT2D eigenvalue weighted by Crippen LogP contribution is 2.21. The molecule has 0 saturated heterocycles. The second-order valence-corrected chi connectivity index (χ2v) is 3.56. The van der Waals surface area contributed by atoms with Crippen LogP contribution in [-0.2, 0) is 9.59 Å². The van der Waals surface area contributed by atoms with Crippen LogP contribution in [0.1, 0.15) is 17.9 Å². The van der Waals surface area contributed by atoms with Crippen molar-refractivity contribution in [2.75, 3.05) is 0 Å². The summed E-state index contributed by atoms with van der Waals surface area (Å²) in [7, 11) is 0. The van der Waals surface area contributed by atoms with Crippen LogP contribution < -0.4 is 5.73 Å². The quantitative estimate of drug-likeness (QED) is 0.652. The zero-order valence-corrected chi connectivity index (χ0v) is 8.67. The molecule has 0 fully saturated rings. The highest BCUT2D eigenvalue weighted by atomic mass is 16.4. The van der Waals surface area contributed by atoms with Crippen LogP contribution in [0.5, 0.6) is 0 Å². The predicted molar refractivity (Wildman–Crippen MR) is 55.7 cm³/mol. The highest BCUT2D eigenvalue weighted by Gasteiger charge is 2.31. The van der Waals surface area contributed by atoms with Crippen LogP contribution >= 0.6 is 0 Å². The maximum Gasteiger partial charge on any atom is 0.363 e. The average Bonchev–Trinajstić information content (AvgIpc) is 2.26. The van der Waals surface area contributed by atoms with Crippen LogP contribution in [-0.4, -0.2) is 28.2 Å². The summed E-state index contributed by atoms with van der Waals surface area (Å²) >= 11 is 0. The molecule has 2 atom stereocenters.